The lowest BCUT2D eigenvalue weighted by Crippen LogP contribution is -2.41. The van der Waals surface area contributed by atoms with Gasteiger partial charge in [0.25, 0.3) is 11.5 Å². The lowest BCUT2D eigenvalue weighted by molar-refractivity contribution is 0.0729. The molecule has 0 spiro atoms. The molecule has 1 aliphatic rings. The zero-order valence-electron chi connectivity index (χ0n) is 19.3. The minimum atomic E-state index is -3.48. The fraction of sp³-hybridized carbons (Fsp3) is 0.375. The molecule has 2 heterocycles. The molecule has 0 unspecified atom stereocenters. The van der Waals surface area contributed by atoms with Crippen LogP contribution in [0.15, 0.2) is 47.3 Å². The molecule has 0 bridgehead atoms. The Morgan fingerprint density at radius 2 is 1.82 bits per heavy atom. The maximum Gasteiger partial charge on any atom is 0.272 e. The van der Waals surface area contributed by atoms with Crippen molar-refractivity contribution in [1.82, 2.24) is 19.2 Å². The molecule has 1 saturated heterocycles. The number of aryl methyl sites for hydroxylation is 2. The van der Waals surface area contributed by atoms with Crippen LogP contribution < -0.4 is 10.9 Å². The van der Waals surface area contributed by atoms with E-state index in [9.17, 15) is 18.0 Å². The molecule has 3 aromatic rings. The molecule has 1 aliphatic heterocycles. The number of rotatable bonds is 7. The molecule has 1 fully saturated rings. The number of hydrogen-bond acceptors (Lipinski definition) is 6. The Labute approximate surface area is 198 Å². The minimum absolute atomic E-state index is 0.132. The van der Waals surface area contributed by atoms with E-state index in [1.165, 1.54) is 4.31 Å². The molecule has 4 rings (SSSR count). The SMILES string of the molecule is CCn1c(=O)c(C)nc2cc(C(=O)NCc3ccccc3CS(=O)(=O)N3CCOCC3)ccc21. The predicted octanol–water partition coefficient (Wildman–Crippen LogP) is 1.82. The zero-order chi connectivity index (χ0) is 24.3. The number of benzene rings is 2. The fourth-order valence-electron chi connectivity index (χ4n) is 4.09. The van der Waals surface area contributed by atoms with E-state index in [0.29, 0.717) is 60.7 Å². The van der Waals surface area contributed by atoms with Gasteiger partial charge in [0.15, 0.2) is 0 Å². The van der Waals surface area contributed by atoms with Crippen LogP contribution in [-0.2, 0) is 33.6 Å². The van der Waals surface area contributed by atoms with Gasteiger partial charge >= 0.3 is 0 Å². The number of carbonyl (C=O) groups is 1. The maximum absolute atomic E-state index is 12.9. The summed E-state index contributed by atoms with van der Waals surface area (Å²) in [7, 11) is -3.48. The van der Waals surface area contributed by atoms with E-state index < -0.39 is 10.0 Å². The first-order valence-corrected chi connectivity index (χ1v) is 12.8. The van der Waals surface area contributed by atoms with Crippen molar-refractivity contribution in [3.63, 3.8) is 0 Å². The Morgan fingerprint density at radius 1 is 1.12 bits per heavy atom. The van der Waals surface area contributed by atoms with Crippen LogP contribution in [0.2, 0.25) is 0 Å². The van der Waals surface area contributed by atoms with Crippen LogP contribution in [0.25, 0.3) is 11.0 Å². The summed E-state index contributed by atoms with van der Waals surface area (Å²) >= 11 is 0. The van der Waals surface area contributed by atoms with Crippen molar-refractivity contribution in [2.45, 2.75) is 32.7 Å². The van der Waals surface area contributed by atoms with Gasteiger partial charge in [0.05, 0.1) is 30.0 Å². The first-order valence-electron chi connectivity index (χ1n) is 11.2. The Morgan fingerprint density at radius 3 is 2.53 bits per heavy atom. The van der Waals surface area contributed by atoms with Gasteiger partial charge in [0, 0.05) is 31.7 Å². The number of nitrogens with one attached hydrogen (secondary N) is 1. The Balaban J connectivity index is 1.51. The molecule has 9 nitrogen and oxygen atoms in total. The van der Waals surface area contributed by atoms with Gasteiger partial charge in [0.2, 0.25) is 10.0 Å². The van der Waals surface area contributed by atoms with Crippen LogP contribution in [-0.4, -0.2) is 54.5 Å². The first kappa shape index (κ1) is 24.1. The standard InChI is InChI=1S/C24H28N4O5S/c1-3-28-22-9-8-18(14-21(22)26-17(2)24(28)30)23(29)25-15-19-6-4-5-7-20(19)16-34(31,32)27-10-12-33-13-11-27/h4-9,14H,3,10-13,15-16H2,1-2H3,(H,25,29). The van der Waals surface area contributed by atoms with Gasteiger partial charge in [-0.05, 0) is 43.2 Å². The average Bonchev–Trinajstić information content (AvgIpc) is 2.84. The van der Waals surface area contributed by atoms with Gasteiger partial charge in [-0.15, -0.1) is 0 Å². The van der Waals surface area contributed by atoms with Crippen LogP contribution in [0.5, 0.6) is 0 Å². The number of nitrogens with zero attached hydrogens (tertiary/aromatic N) is 3. The molecular formula is C24H28N4O5S. The monoisotopic (exact) mass is 484 g/mol. The second kappa shape index (κ2) is 10.0. The quantitative estimate of drug-likeness (QED) is 0.548. The van der Waals surface area contributed by atoms with E-state index in [4.69, 9.17) is 4.74 Å². The summed E-state index contributed by atoms with van der Waals surface area (Å²) in [4.78, 5) is 29.5. The van der Waals surface area contributed by atoms with Gasteiger partial charge in [-0.2, -0.15) is 4.31 Å². The summed E-state index contributed by atoms with van der Waals surface area (Å²) in [5, 5.41) is 2.88. The largest absolute Gasteiger partial charge is 0.379 e. The molecule has 0 saturated carbocycles. The maximum atomic E-state index is 12.9. The summed E-state index contributed by atoms with van der Waals surface area (Å²) in [6, 6.07) is 12.2. The number of carbonyl (C=O) groups excluding carboxylic acids is 1. The van der Waals surface area contributed by atoms with E-state index in [1.807, 2.05) is 19.1 Å². The number of aromatic nitrogens is 2. The van der Waals surface area contributed by atoms with E-state index in [2.05, 4.69) is 10.3 Å². The van der Waals surface area contributed by atoms with Crippen molar-refractivity contribution in [3.8, 4) is 0 Å². The number of morpholine rings is 1. The van der Waals surface area contributed by atoms with E-state index in [1.54, 1.807) is 41.8 Å². The van der Waals surface area contributed by atoms with Crippen molar-refractivity contribution in [3.05, 3.63) is 75.2 Å². The molecule has 180 valence electrons. The van der Waals surface area contributed by atoms with Crippen molar-refractivity contribution in [1.29, 1.82) is 0 Å². The van der Waals surface area contributed by atoms with Crippen LogP contribution in [0, 0.1) is 6.92 Å². The second-order valence-corrected chi connectivity index (χ2v) is 10.1. The summed E-state index contributed by atoms with van der Waals surface area (Å²) in [5.74, 6) is -0.436. The molecular weight excluding hydrogens is 456 g/mol. The number of ether oxygens (including phenoxy) is 1. The molecule has 0 aliphatic carbocycles. The number of sulfonamides is 1. The Hall–Kier alpha value is -3.08. The molecule has 1 aromatic heterocycles. The first-order chi connectivity index (χ1) is 16.3. The summed E-state index contributed by atoms with van der Waals surface area (Å²) in [6.45, 7) is 5.73. The lowest BCUT2D eigenvalue weighted by atomic mass is 10.1. The van der Waals surface area contributed by atoms with E-state index >= 15 is 0 Å². The molecule has 2 aromatic carbocycles. The second-order valence-electron chi connectivity index (χ2n) is 8.17. The van der Waals surface area contributed by atoms with Crippen molar-refractivity contribution in [2.24, 2.45) is 0 Å². The summed E-state index contributed by atoms with van der Waals surface area (Å²) in [6.07, 6.45) is 0. The molecule has 10 heteroatoms. The third-order valence-electron chi connectivity index (χ3n) is 5.95. The zero-order valence-corrected chi connectivity index (χ0v) is 20.1. The smallest absolute Gasteiger partial charge is 0.272 e. The Bertz CT molecular complexity index is 1380. The highest BCUT2D eigenvalue weighted by Gasteiger charge is 2.25. The minimum Gasteiger partial charge on any atom is -0.379 e. The third-order valence-corrected chi connectivity index (χ3v) is 7.77. The van der Waals surface area contributed by atoms with Crippen molar-refractivity contribution >= 4 is 27.0 Å². The molecule has 1 N–H and O–H groups in total. The average molecular weight is 485 g/mol. The number of hydrogen-bond donors (Lipinski definition) is 1. The highest BCUT2D eigenvalue weighted by atomic mass is 32.2. The van der Waals surface area contributed by atoms with Gasteiger partial charge in [-0.1, -0.05) is 24.3 Å². The molecule has 0 radical (unpaired) electrons. The van der Waals surface area contributed by atoms with Crippen LogP contribution >= 0.6 is 0 Å². The molecule has 0 atom stereocenters. The van der Waals surface area contributed by atoms with Crippen LogP contribution in [0.4, 0.5) is 0 Å². The van der Waals surface area contributed by atoms with Gasteiger partial charge in [-0.3, -0.25) is 9.59 Å². The van der Waals surface area contributed by atoms with Crippen LogP contribution in [0.3, 0.4) is 0 Å². The molecule has 34 heavy (non-hydrogen) atoms. The Kier molecular flexibility index (Phi) is 7.11. The third kappa shape index (κ3) is 5.03. The predicted molar refractivity (Wildman–Crippen MR) is 129 cm³/mol. The van der Waals surface area contributed by atoms with Gasteiger partial charge < -0.3 is 14.6 Å². The highest BCUT2D eigenvalue weighted by molar-refractivity contribution is 7.88. The fourth-order valence-corrected chi connectivity index (χ4v) is 5.65. The molecule has 1 amide bonds. The topological polar surface area (TPSA) is 111 Å². The van der Waals surface area contributed by atoms with Gasteiger partial charge in [0.1, 0.15) is 5.69 Å². The van der Waals surface area contributed by atoms with Crippen molar-refractivity contribution in [2.75, 3.05) is 26.3 Å². The summed E-state index contributed by atoms with van der Waals surface area (Å²) in [5.41, 5.74) is 3.29. The van der Waals surface area contributed by atoms with E-state index in [-0.39, 0.29) is 23.8 Å². The normalized spacial score (nSPS) is 14.9. The van der Waals surface area contributed by atoms with E-state index in [0.717, 1.165) is 5.56 Å². The number of fused-ring (bicyclic) bond motifs is 1. The summed E-state index contributed by atoms with van der Waals surface area (Å²) < 4.78 is 34.0. The van der Waals surface area contributed by atoms with Gasteiger partial charge in [-0.25, -0.2) is 13.4 Å². The van der Waals surface area contributed by atoms with Crippen molar-refractivity contribution < 1.29 is 17.9 Å². The lowest BCUT2D eigenvalue weighted by Gasteiger charge is -2.26. The highest BCUT2D eigenvalue weighted by Crippen LogP contribution is 2.18. The van der Waals surface area contributed by atoms with Crippen LogP contribution in [0.1, 0.15) is 34.1 Å². The number of amides is 1.